The number of aliphatic hydroxyl groups is 2. The molecule has 0 unspecified atom stereocenters. The second-order valence-corrected chi connectivity index (χ2v) is 9.62. The number of para-hydroxylation sites is 1. The molecule has 0 bridgehead atoms. The van der Waals surface area contributed by atoms with Gasteiger partial charge in [-0.25, -0.2) is 0 Å². The second-order valence-electron chi connectivity index (χ2n) is 9.62. The maximum Gasteiger partial charge on any atom is 0.305 e. The van der Waals surface area contributed by atoms with E-state index in [4.69, 9.17) is 9.47 Å². The van der Waals surface area contributed by atoms with Crippen molar-refractivity contribution in [2.24, 2.45) is 11.8 Å². The summed E-state index contributed by atoms with van der Waals surface area (Å²) in [5.74, 6) is -4.19. The Balaban J connectivity index is 1.64. The zero-order valence-corrected chi connectivity index (χ0v) is 22.0. The first kappa shape index (κ1) is 32.2. The molecule has 0 heterocycles. The number of ether oxygens (including phenoxy) is 2. The molecule has 1 fully saturated rings. The average Bonchev–Trinajstić information content (AvgIpc) is 3.17. The lowest BCUT2D eigenvalue weighted by atomic mass is 9.89. The molecular weight excluding hydrogens is 516 g/mol. The summed E-state index contributed by atoms with van der Waals surface area (Å²) in [5, 5.41) is 29.9. The van der Waals surface area contributed by atoms with Gasteiger partial charge in [0.2, 0.25) is 0 Å². The van der Waals surface area contributed by atoms with Crippen molar-refractivity contribution in [3.63, 3.8) is 0 Å². The Morgan fingerprint density at radius 1 is 1.05 bits per heavy atom. The maximum atomic E-state index is 14.3. The van der Waals surface area contributed by atoms with E-state index in [1.165, 1.54) is 6.08 Å². The first-order valence-electron chi connectivity index (χ1n) is 13.4. The number of carbonyl (C=O) groups excluding carboxylic acids is 1. The summed E-state index contributed by atoms with van der Waals surface area (Å²) in [6, 6.07) is 8.33. The third-order valence-electron chi connectivity index (χ3n) is 6.48. The van der Waals surface area contributed by atoms with Crippen LogP contribution in [0.1, 0.15) is 57.8 Å². The predicted molar refractivity (Wildman–Crippen MR) is 140 cm³/mol. The third kappa shape index (κ3) is 13.5. The van der Waals surface area contributed by atoms with Crippen LogP contribution >= 0.6 is 0 Å². The molecule has 0 amide bonds. The summed E-state index contributed by atoms with van der Waals surface area (Å²) >= 11 is 0. The maximum absolute atomic E-state index is 14.3. The van der Waals surface area contributed by atoms with Crippen LogP contribution in [0.5, 0.6) is 5.75 Å². The van der Waals surface area contributed by atoms with Gasteiger partial charge in [0.05, 0.1) is 25.4 Å². The Kier molecular flexibility index (Phi) is 14.4. The topological polar surface area (TPSA) is 128 Å². The van der Waals surface area contributed by atoms with Crippen LogP contribution < -0.4 is 4.74 Å². The van der Waals surface area contributed by atoms with Gasteiger partial charge < -0.3 is 24.5 Å². The number of hydrogen-bond acceptors (Lipinski definition) is 8. The third-order valence-corrected chi connectivity index (χ3v) is 6.48. The number of carbonyl (C=O) groups is 1. The normalized spacial score (nSPS) is 21.4. The average molecular weight is 556 g/mol. The van der Waals surface area contributed by atoms with Crippen LogP contribution in [0.25, 0.3) is 0 Å². The Labute approximate surface area is 227 Å². The SMILES string of the molecule is O=C(CCC/C=C\C[C@@H]1[C@@H](/C=C/C(F)(F)COc2ccccc2)[C@H](O)C[C@@H]1O)OCCCCCCO[N+](=O)[O-]. The largest absolute Gasteiger partial charge is 0.487 e. The lowest BCUT2D eigenvalue weighted by Gasteiger charge is -2.20. The van der Waals surface area contributed by atoms with Gasteiger partial charge in [-0.15, -0.1) is 10.1 Å². The lowest BCUT2D eigenvalue weighted by Crippen LogP contribution is -2.25. The van der Waals surface area contributed by atoms with Gasteiger partial charge in [-0.1, -0.05) is 42.8 Å². The van der Waals surface area contributed by atoms with E-state index in [0.717, 1.165) is 18.9 Å². The number of allylic oxidation sites excluding steroid dienone is 2. The molecule has 1 aromatic carbocycles. The van der Waals surface area contributed by atoms with Gasteiger partial charge in [0.1, 0.15) is 5.75 Å². The number of aliphatic hydroxyl groups excluding tert-OH is 2. The summed E-state index contributed by atoms with van der Waals surface area (Å²) in [7, 11) is 0. The molecule has 0 aromatic heterocycles. The van der Waals surface area contributed by atoms with E-state index in [9.17, 15) is 33.9 Å². The molecule has 11 heteroatoms. The highest BCUT2D eigenvalue weighted by atomic mass is 19.3. The molecule has 39 heavy (non-hydrogen) atoms. The van der Waals surface area contributed by atoms with Crippen LogP contribution in [0.4, 0.5) is 8.78 Å². The molecule has 1 aliphatic carbocycles. The van der Waals surface area contributed by atoms with Crippen molar-refractivity contribution < 1.29 is 43.2 Å². The molecule has 1 aromatic rings. The van der Waals surface area contributed by atoms with Crippen molar-refractivity contribution in [1.29, 1.82) is 0 Å². The van der Waals surface area contributed by atoms with Crippen LogP contribution in [0.3, 0.4) is 0 Å². The molecule has 0 radical (unpaired) electrons. The minimum atomic E-state index is -3.23. The number of halogens is 2. The van der Waals surface area contributed by atoms with Gasteiger partial charge in [-0.3, -0.25) is 4.79 Å². The Hall–Kier alpha value is -3.05. The van der Waals surface area contributed by atoms with Crippen LogP contribution in [0, 0.1) is 22.0 Å². The fourth-order valence-corrected chi connectivity index (χ4v) is 4.39. The van der Waals surface area contributed by atoms with E-state index < -0.39 is 41.7 Å². The fourth-order valence-electron chi connectivity index (χ4n) is 4.39. The zero-order valence-electron chi connectivity index (χ0n) is 22.0. The minimum absolute atomic E-state index is 0.0680. The number of rotatable bonds is 19. The number of benzene rings is 1. The van der Waals surface area contributed by atoms with Crippen molar-refractivity contribution in [2.45, 2.75) is 75.9 Å². The number of hydrogen-bond donors (Lipinski definition) is 2. The Morgan fingerprint density at radius 3 is 2.49 bits per heavy atom. The molecule has 9 nitrogen and oxygen atoms in total. The second kappa shape index (κ2) is 17.5. The highest BCUT2D eigenvalue weighted by molar-refractivity contribution is 5.69. The molecule has 0 aliphatic heterocycles. The van der Waals surface area contributed by atoms with Gasteiger partial charge in [0.25, 0.3) is 11.0 Å². The molecular formula is C28H39F2NO8. The van der Waals surface area contributed by atoms with E-state index >= 15 is 0 Å². The Bertz CT molecular complexity index is 912. The van der Waals surface area contributed by atoms with Crippen LogP contribution in [0.15, 0.2) is 54.6 Å². The zero-order chi connectivity index (χ0) is 28.5. The molecule has 0 spiro atoms. The number of unbranched alkanes of at least 4 members (excludes halogenated alkanes) is 4. The van der Waals surface area contributed by atoms with Crippen LogP contribution in [0.2, 0.25) is 0 Å². The minimum Gasteiger partial charge on any atom is -0.487 e. The molecule has 1 saturated carbocycles. The van der Waals surface area contributed by atoms with E-state index in [2.05, 4.69) is 4.84 Å². The van der Waals surface area contributed by atoms with Crippen molar-refractivity contribution in [2.75, 3.05) is 19.8 Å². The van der Waals surface area contributed by atoms with Gasteiger partial charge >= 0.3 is 5.97 Å². The van der Waals surface area contributed by atoms with Gasteiger partial charge in [-0.05, 0) is 62.7 Å². The molecule has 4 atom stereocenters. The molecule has 2 rings (SSSR count). The first-order chi connectivity index (χ1) is 18.7. The molecule has 0 saturated heterocycles. The predicted octanol–water partition coefficient (Wildman–Crippen LogP) is 5.04. The smallest absolute Gasteiger partial charge is 0.305 e. The first-order valence-corrected chi connectivity index (χ1v) is 13.4. The van der Waals surface area contributed by atoms with E-state index in [0.29, 0.717) is 44.5 Å². The monoisotopic (exact) mass is 555 g/mol. The summed E-state index contributed by atoms with van der Waals surface area (Å²) in [5.41, 5.74) is 0. The lowest BCUT2D eigenvalue weighted by molar-refractivity contribution is -0.757. The summed E-state index contributed by atoms with van der Waals surface area (Å²) in [6.07, 6.45) is 8.83. The standard InChI is InChI=1S/C28H39F2NO8/c29-28(30,21-38-22-12-6-5-7-13-22)17-16-24-23(25(32)20-26(24)33)14-8-1-2-9-15-27(34)37-18-10-3-4-11-19-39-31(35)36/h1,5-8,12-13,16-17,23-26,32-33H,2-4,9-11,14-15,18-21H2/b8-1-,17-16+/t23-,24-,25+,26-/m1/s1. The molecule has 2 N–H and O–H groups in total. The summed E-state index contributed by atoms with van der Waals surface area (Å²) < 4.78 is 39.0. The van der Waals surface area contributed by atoms with Crippen LogP contribution in [-0.2, 0) is 14.4 Å². The number of alkyl halides is 2. The molecule has 1 aliphatic rings. The van der Waals surface area contributed by atoms with Crippen LogP contribution in [-0.4, -0.2) is 59.2 Å². The van der Waals surface area contributed by atoms with Gasteiger partial charge in [0, 0.05) is 18.8 Å². The number of nitrogens with zero attached hydrogens (tertiary/aromatic N) is 1. The summed E-state index contributed by atoms with van der Waals surface area (Å²) in [4.78, 5) is 26.1. The number of esters is 1. The fraction of sp³-hybridized carbons (Fsp3) is 0.607. The van der Waals surface area contributed by atoms with Crippen molar-refractivity contribution in [1.82, 2.24) is 0 Å². The highest BCUT2D eigenvalue weighted by Gasteiger charge is 2.40. The van der Waals surface area contributed by atoms with E-state index in [-0.39, 0.29) is 25.4 Å². The van der Waals surface area contributed by atoms with E-state index in [1.807, 2.05) is 12.2 Å². The van der Waals surface area contributed by atoms with Crippen molar-refractivity contribution >= 4 is 5.97 Å². The quantitative estimate of drug-likeness (QED) is 0.0799. The van der Waals surface area contributed by atoms with Crippen molar-refractivity contribution in [3.8, 4) is 5.75 Å². The van der Waals surface area contributed by atoms with Gasteiger partial charge in [-0.2, -0.15) is 8.78 Å². The highest BCUT2D eigenvalue weighted by Crippen LogP contribution is 2.37. The Morgan fingerprint density at radius 2 is 1.77 bits per heavy atom. The summed E-state index contributed by atoms with van der Waals surface area (Å²) in [6.45, 7) is -0.454. The van der Waals surface area contributed by atoms with E-state index in [1.54, 1.807) is 30.3 Å². The van der Waals surface area contributed by atoms with Gasteiger partial charge in [0.15, 0.2) is 6.61 Å². The molecule has 218 valence electrons. The van der Waals surface area contributed by atoms with Crippen molar-refractivity contribution in [3.05, 3.63) is 64.8 Å².